The molecule has 0 aliphatic carbocycles. The van der Waals surface area contributed by atoms with Crippen molar-refractivity contribution in [2.24, 2.45) is 7.05 Å². The van der Waals surface area contributed by atoms with E-state index in [2.05, 4.69) is 15.1 Å². The molecule has 0 saturated carbocycles. The molecular formula is C19H16F3N6O+. The number of rotatable bonds is 4. The van der Waals surface area contributed by atoms with Crippen molar-refractivity contribution in [1.29, 1.82) is 0 Å². The van der Waals surface area contributed by atoms with Crippen molar-refractivity contribution in [2.75, 3.05) is 0 Å². The van der Waals surface area contributed by atoms with Crippen LogP contribution in [0.5, 0.6) is 0 Å². The number of pyridine rings is 2. The molecular weight excluding hydrogens is 385 g/mol. The van der Waals surface area contributed by atoms with E-state index in [4.69, 9.17) is 0 Å². The lowest BCUT2D eigenvalue weighted by Gasteiger charge is -2.20. The minimum atomic E-state index is -4.71. The van der Waals surface area contributed by atoms with E-state index in [0.29, 0.717) is 16.9 Å². The molecule has 148 valence electrons. The van der Waals surface area contributed by atoms with Crippen LogP contribution in [-0.4, -0.2) is 31.6 Å². The highest BCUT2D eigenvalue weighted by atomic mass is 19.4. The van der Waals surface area contributed by atoms with Crippen LogP contribution in [0.4, 0.5) is 13.2 Å². The van der Waals surface area contributed by atoms with Gasteiger partial charge < -0.3 is 5.32 Å². The maximum atomic E-state index is 13.6. The molecule has 4 rings (SSSR count). The van der Waals surface area contributed by atoms with Crippen molar-refractivity contribution < 1.29 is 22.6 Å². The minimum absolute atomic E-state index is 0.102. The number of alkyl halides is 3. The zero-order chi connectivity index (χ0) is 20.6. The predicted octanol–water partition coefficient (Wildman–Crippen LogP) is 2.58. The average molecular weight is 401 g/mol. The molecule has 4 aromatic heterocycles. The molecule has 0 bridgehead atoms. The SMILES string of the molecule is C[n+]1cc(-c2nc(C(=O)NC(c3ccccn3)C(F)(F)F)c3ccccn23)c[nH]1. The Kier molecular flexibility index (Phi) is 4.53. The number of nitrogens with one attached hydrogen (secondary N) is 2. The number of aromatic amines is 1. The summed E-state index contributed by atoms with van der Waals surface area (Å²) >= 11 is 0. The van der Waals surface area contributed by atoms with Crippen molar-refractivity contribution in [2.45, 2.75) is 12.2 Å². The van der Waals surface area contributed by atoms with Crippen LogP contribution in [0, 0.1) is 0 Å². The van der Waals surface area contributed by atoms with Gasteiger partial charge in [0.1, 0.15) is 5.56 Å². The maximum absolute atomic E-state index is 13.6. The maximum Gasteiger partial charge on any atom is 0.414 e. The predicted molar refractivity (Wildman–Crippen MR) is 96.7 cm³/mol. The van der Waals surface area contributed by atoms with Gasteiger partial charge in [-0.1, -0.05) is 12.1 Å². The largest absolute Gasteiger partial charge is 0.414 e. The van der Waals surface area contributed by atoms with Gasteiger partial charge >= 0.3 is 6.18 Å². The number of H-pyrrole nitrogens is 1. The molecule has 1 unspecified atom stereocenters. The molecule has 0 aliphatic rings. The number of aryl methyl sites for hydroxylation is 1. The first-order valence-corrected chi connectivity index (χ1v) is 8.64. The highest BCUT2D eigenvalue weighted by Gasteiger charge is 2.43. The summed E-state index contributed by atoms with van der Waals surface area (Å²) in [6.45, 7) is 0. The van der Waals surface area contributed by atoms with E-state index in [1.165, 1.54) is 24.4 Å². The minimum Gasteiger partial charge on any atom is -0.334 e. The number of imidazole rings is 1. The second kappa shape index (κ2) is 7.04. The van der Waals surface area contributed by atoms with Gasteiger partial charge in [-0.15, -0.1) is 4.68 Å². The van der Waals surface area contributed by atoms with Crippen molar-refractivity contribution in [1.82, 2.24) is 24.8 Å². The lowest BCUT2D eigenvalue weighted by atomic mass is 10.1. The Labute approximate surface area is 162 Å². The molecule has 0 aromatic carbocycles. The zero-order valence-corrected chi connectivity index (χ0v) is 15.2. The number of hydrogen-bond donors (Lipinski definition) is 2. The zero-order valence-electron chi connectivity index (χ0n) is 15.2. The lowest BCUT2D eigenvalue weighted by Crippen LogP contribution is -2.38. The van der Waals surface area contributed by atoms with E-state index in [1.54, 1.807) is 52.9 Å². The third-order valence-electron chi connectivity index (χ3n) is 4.36. The van der Waals surface area contributed by atoms with Crippen LogP contribution < -0.4 is 10.00 Å². The molecule has 2 N–H and O–H groups in total. The molecule has 0 saturated heterocycles. The Hall–Kier alpha value is -3.69. The number of nitrogens with zero attached hydrogens (tertiary/aromatic N) is 4. The fourth-order valence-corrected chi connectivity index (χ4v) is 3.06. The molecule has 0 aliphatic heterocycles. The van der Waals surface area contributed by atoms with E-state index in [1.807, 2.05) is 5.32 Å². The van der Waals surface area contributed by atoms with Gasteiger partial charge in [0, 0.05) is 12.4 Å². The van der Waals surface area contributed by atoms with Gasteiger partial charge in [-0.2, -0.15) is 18.3 Å². The van der Waals surface area contributed by atoms with E-state index < -0.39 is 18.1 Å². The number of hydrogen-bond acceptors (Lipinski definition) is 3. The Morgan fingerprint density at radius 1 is 1.24 bits per heavy atom. The van der Waals surface area contributed by atoms with Gasteiger partial charge in [-0.3, -0.25) is 14.2 Å². The monoisotopic (exact) mass is 401 g/mol. The van der Waals surface area contributed by atoms with Crippen LogP contribution in [0.3, 0.4) is 0 Å². The van der Waals surface area contributed by atoms with Crippen LogP contribution in [-0.2, 0) is 7.05 Å². The van der Waals surface area contributed by atoms with Gasteiger partial charge in [-0.05, 0) is 24.3 Å². The van der Waals surface area contributed by atoms with E-state index in [0.717, 1.165) is 0 Å². The van der Waals surface area contributed by atoms with Crippen LogP contribution in [0.2, 0.25) is 0 Å². The summed E-state index contributed by atoms with van der Waals surface area (Å²) in [6.07, 6.45) is 1.68. The first-order chi connectivity index (χ1) is 13.8. The summed E-state index contributed by atoms with van der Waals surface area (Å²) in [5.41, 5.74) is 0.681. The van der Waals surface area contributed by atoms with Gasteiger partial charge in [-0.25, -0.2) is 4.98 Å². The van der Waals surface area contributed by atoms with Crippen LogP contribution in [0.15, 0.2) is 61.2 Å². The molecule has 0 radical (unpaired) electrons. The Balaban J connectivity index is 1.75. The highest BCUT2D eigenvalue weighted by molar-refractivity contribution is 6.00. The molecule has 1 amide bonds. The molecule has 29 heavy (non-hydrogen) atoms. The lowest BCUT2D eigenvalue weighted by molar-refractivity contribution is -0.726. The second-order valence-electron chi connectivity index (χ2n) is 6.41. The van der Waals surface area contributed by atoms with E-state index in [-0.39, 0.29) is 11.4 Å². The number of aromatic nitrogens is 5. The van der Waals surface area contributed by atoms with Crippen LogP contribution >= 0.6 is 0 Å². The fourth-order valence-electron chi connectivity index (χ4n) is 3.06. The fraction of sp³-hybridized carbons (Fsp3) is 0.158. The topological polar surface area (TPSA) is 79.0 Å². The third kappa shape index (κ3) is 3.56. The van der Waals surface area contributed by atoms with Crippen molar-refractivity contribution in [3.63, 3.8) is 0 Å². The molecule has 4 aromatic rings. The second-order valence-corrected chi connectivity index (χ2v) is 6.41. The molecule has 0 spiro atoms. The molecule has 10 heteroatoms. The quantitative estimate of drug-likeness (QED) is 0.516. The molecule has 4 heterocycles. The molecule has 0 fully saturated rings. The Morgan fingerprint density at radius 2 is 2.03 bits per heavy atom. The number of carbonyl (C=O) groups is 1. The molecule has 7 nitrogen and oxygen atoms in total. The smallest absolute Gasteiger partial charge is 0.334 e. The van der Waals surface area contributed by atoms with Gasteiger partial charge in [0.05, 0.1) is 17.4 Å². The number of halogens is 3. The normalized spacial score (nSPS) is 12.8. The highest BCUT2D eigenvalue weighted by Crippen LogP contribution is 2.32. The third-order valence-corrected chi connectivity index (χ3v) is 4.36. The van der Waals surface area contributed by atoms with E-state index in [9.17, 15) is 18.0 Å². The Bertz CT molecular complexity index is 1170. The first kappa shape index (κ1) is 18.7. The van der Waals surface area contributed by atoms with Crippen LogP contribution in [0.25, 0.3) is 16.9 Å². The number of fused-ring (bicyclic) bond motifs is 1. The van der Waals surface area contributed by atoms with E-state index >= 15 is 0 Å². The summed E-state index contributed by atoms with van der Waals surface area (Å²) in [6, 6.07) is 6.98. The van der Waals surface area contributed by atoms with Gasteiger partial charge in [0.25, 0.3) is 5.91 Å². The summed E-state index contributed by atoms with van der Waals surface area (Å²) in [5, 5.41) is 4.99. The van der Waals surface area contributed by atoms with Gasteiger partial charge in [0.15, 0.2) is 24.6 Å². The first-order valence-electron chi connectivity index (χ1n) is 8.64. The van der Waals surface area contributed by atoms with Gasteiger partial charge in [0.2, 0.25) is 6.20 Å². The standard InChI is InChI=1S/C19H15F3N6O/c1-27-11-12(10-24-27)17-25-15(14-7-3-5-9-28(14)17)18(29)26-16(19(20,21)22)13-6-2-4-8-23-13/h2-11,16H,1H3,(H,26,29)/p+1. The summed E-state index contributed by atoms with van der Waals surface area (Å²) in [5.74, 6) is -0.503. The average Bonchev–Trinajstić information content (AvgIpc) is 3.29. The summed E-state index contributed by atoms with van der Waals surface area (Å²) in [7, 11) is 1.79. The Morgan fingerprint density at radius 3 is 2.69 bits per heavy atom. The number of amides is 1. The van der Waals surface area contributed by atoms with Crippen molar-refractivity contribution >= 4 is 11.4 Å². The summed E-state index contributed by atoms with van der Waals surface area (Å²) < 4.78 is 44.1. The summed E-state index contributed by atoms with van der Waals surface area (Å²) in [4.78, 5) is 20.9. The van der Waals surface area contributed by atoms with Crippen molar-refractivity contribution in [3.05, 3.63) is 72.6 Å². The van der Waals surface area contributed by atoms with Crippen LogP contribution in [0.1, 0.15) is 22.2 Å². The molecule has 1 atom stereocenters. The van der Waals surface area contributed by atoms with Crippen molar-refractivity contribution in [3.8, 4) is 11.4 Å². The number of carbonyl (C=O) groups excluding carboxylic acids is 1.